The highest BCUT2D eigenvalue weighted by Crippen LogP contribution is 2.20. The fraction of sp³-hybridized carbons (Fsp3) is 0.318. The third-order valence-electron chi connectivity index (χ3n) is 4.39. The van der Waals surface area contributed by atoms with E-state index in [0.717, 1.165) is 23.1 Å². The van der Waals surface area contributed by atoms with Crippen molar-refractivity contribution in [3.05, 3.63) is 71.8 Å². The molecule has 0 aromatic heterocycles. The van der Waals surface area contributed by atoms with Gasteiger partial charge in [-0.3, -0.25) is 14.4 Å². The molecule has 0 radical (unpaired) electrons. The molecule has 2 atom stereocenters. The maximum atomic E-state index is 12.9. The Kier molecular flexibility index (Phi) is 9.80. The summed E-state index contributed by atoms with van der Waals surface area (Å²) in [6.07, 6.45) is 2.90. The van der Waals surface area contributed by atoms with Crippen LogP contribution in [-0.4, -0.2) is 40.7 Å². The monoisotopic (exact) mass is 430 g/mol. The summed E-state index contributed by atoms with van der Waals surface area (Å²) >= 11 is 2.71. The normalized spacial score (nSPS) is 12.7. The molecule has 7 heteroatoms. The number of benzene rings is 2. The zero-order valence-corrected chi connectivity index (χ0v) is 18.0. The first-order valence-electron chi connectivity index (χ1n) is 9.36. The van der Waals surface area contributed by atoms with Crippen LogP contribution in [0.5, 0.6) is 0 Å². The minimum Gasteiger partial charge on any atom is -0.368 e. The lowest BCUT2D eigenvalue weighted by atomic mass is 9.99. The number of carbonyl (C=O) groups is 3. The van der Waals surface area contributed by atoms with Crippen LogP contribution in [0.1, 0.15) is 22.3 Å². The molecule has 0 aliphatic rings. The standard InChI is InChI=1S/C22H26N2O3S2/c1-28-13-12-19(20(23)25)24-21(26)18(14-16-8-4-2-5-9-16)15-29-22(27)17-10-6-3-7-11-17/h2-11,18-19H,12-15H2,1H3,(H2,23,25)(H,24,26). The Labute approximate surface area is 180 Å². The molecule has 2 aromatic carbocycles. The van der Waals surface area contributed by atoms with Crippen LogP contribution < -0.4 is 11.1 Å². The molecule has 154 valence electrons. The molecule has 0 fully saturated rings. The molecule has 0 aliphatic heterocycles. The lowest BCUT2D eigenvalue weighted by molar-refractivity contribution is -0.129. The van der Waals surface area contributed by atoms with Crippen LogP contribution in [0.2, 0.25) is 0 Å². The first-order chi connectivity index (χ1) is 14.0. The van der Waals surface area contributed by atoms with E-state index in [9.17, 15) is 14.4 Å². The molecule has 29 heavy (non-hydrogen) atoms. The molecular formula is C22H26N2O3S2. The smallest absolute Gasteiger partial charge is 0.240 e. The molecule has 0 aliphatic carbocycles. The third kappa shape index (κ3) is 7.95. The summed E-state index contributed by atoms with van der Waals surface area (Å²) in [5.74, 6) is -0.210. The second kappa shape index (κ2) is 12.3. The lowest BCUT2D eigenvalue weighted by Crippen LogP contribution is -2.47. The maximum Gasteiger partial charge on any atom is 0.240 e. The zero-order valence-electron chi connectivity index (χ0n) is 16.4. The molecule has 0 saturated heterocycles. The summed E-state index contributed by atoms with van der Waals surface area (Å²) < 4.78 is 0. The molecule has 0 saturated carbocycles. The second-order valence-corrected chi connectivity index (χ2v) is 8.57. The number of rotatable bonds is 11. The van der Waals surface area contributed by atoms with Crippen molar-refractivity contribution in [3.63, 3.8) is 0 Å². The van der Waals surface area contributed by atoms with Crippen LogP contribution in [-0.2, 0) is 16.0 Å². The minimum atomic E-state index is -0.706. The summed E-state index contributed by atoms with van der Waals surface area (Å²) in [5, 5.41) is 2.71. The average molecular weight is 431 g/mol. The Morgan fingerprint density at radius 2 is 1.62 bits per heavy atom. The largest absolute Gasteiger partial charge is 0.368 e. The number of hydrogen-bond acceptors (Lipinski definition) is 5. The topological polar surface area (TPSA) is 89.3 Å². The van der Waals surface area contributed by atoms with Gasteiger partial charge in [-0.2, -0.15) is 11.8 Å². The van der Waals surface area contributed by atoms with Crippen LogP contribution in [0.4, 0.5) is 0 Å². The molecule has 0 spiro atoms. The lowest BCUT2D eigenvalue weighted by Gasteiger charge is -2.20. The van der Waals surface area contributed by atoms with E-state index >= 15 is 0 Å². The number of hydrogen-bond donors (Lipinski definition) is 2. The summed E-state index contributed by atoms with van der Waals surface area (Å²) in [6, 6.07) is 17.9. The van der Waals surface area contributed by atoms with Gasteiger partial charge < -0.3 is 11.1 Å². The molecule has 0 bridgehead atoms. The fourth-order valence-electron chi connectivity index (χ4n) is 2.77. The van der Waals surface area contributed by atoms with E-state index in [1.807, 2.05) is 54.8 Å². The van der Waals surface area contributed by atoms with Gasteiger partial charge in [-0.15, -0.1) is 0 Å². The summed E-state index contributed by atoms with van der Waals surface area (Å²) in [6.45, 7) is 0. The third-order valence-corrected chi connectivity index (χ3v) is 6.10. The highest BCUT2D eigenvalue weighted by molar-refractivity contribution is 8.14. The molecule has 5 nitrogen and oxygen atoms in total. The van der Waals surface area contributed by atoms with E-state index in [1.165, 1.54) is 0 Å². The maximum absolute atomic E-state index is 12.9. The number of thioether (sulfide) groups is 2. The van der Waals surface area contributed by atoms with Gasteiger partial charge in [0.2, 0.25) is 16.9 Å². The highest BCUT2D eigenvalue weighted by atomic mass is 32.2. The molecular weight excluding hydrogens is 404 g/mol. The summed E-state index contributed by atoms with van der Waals surface area (Å²) in [5.41, 5.74) is 7.06. The van der Waals surface area contributed by atoms with E-state index in [0.29, 0.717) is 24.2 Å². The van der Waals surface area contributed by atoms with Gasteiger partial charge in [0, 0.05) is 11.3 Å². The number of amides is 2. The van der Waals surface area contributed by atoms with Crippen molar-refractivity contribution in [1.82, 2.24) is 5.32 Å². The van der Waals surface area contributed by atoms with Crippen LogP contribution in [0, 0.1) is 5.92 Å². The molecule has 2 unspecified atom stereocenters. The Bertz CT molecular complexity index is 800. The first kappa shape index (κ1) is 23.0. The molecule has 2 amide bonds. The van der Waals surface area contributed by atoms with Crippen molar-refractivity contribution in [2.75, 3.05) is 17.8 Å². The predicted molar refractivity (Wildman–Crippen MR) is 121 cm³/mol. The van der Waals surface area contributed by atoms with Crippen LogP contribution in [0.25, 0.3) is 0 Å². The van der Waals surface area contributed by atoms with Gasteiger partial charge in [0.25, 0.3) is 0 Å². The van der Waals surface area contributed by atoms with Gasteiger partial charge in [0.05, 0.1) is 5.92 Å². The Hall–Kier alpha value is -2.25. The number of nitrogens with one attached hydrogen (secondary N) is 1. The van der Waals surface area contributed by atoms with Gasteiger partial charge >= 0.3 is 0 Å². The van der Waals surface area contributed by atoms with Crippen LogP contribution in [0.3, 0.4) is 0 Å². The highest BCUT2D eigenvalue weighted by Gasteiger charge is 2.25. The zero-order chi connectivity index (χ0) is 21.1. The quantitative estimate of drug-likeness (QED) is 0.572. The molecule has 2 aromatic rings. The summed E-state index contributed by atoms with van der Waals surface area (Å²) in [4.78, 5) is 37.1. The minimum absolute atomic E-state index is 0.0784. The van der Waals surface area contributed by atoms with Crippen molar-refractivity contribution in [3.8, 4) is 0 Å². The van der Waals surface area contributed by atoms with Gasteiger partial charge in [0.15, 0.2) is 0 Å². The number of carbonyl (C=O) groups excluding carboxylic acids is 3. The van der Waals surface area contributed by atoms with Gasteiger partial charge in [-0.1, -0.05) is 72.4 Å². The van der Waals surface area contributed by atoms with Gasteiger partial charge in [-0.05, 0) is 30.4 Å². The average Bonchev–Trinajstić information content (AvgIpc) is 2.74. The predicted octanol–water partition coefficient (Wildman–Crippen LogP) is 3.14. The number of primary amides is 1. The fourth-order valence-corrected chi connectivity index (χ4v) is 4.17. The first-order valence-corrected chi connectivity index (χ1v) is 11.7. The van der Waals surface area contributed by atoms with Crippen LogP contribution >= 0.6 is 23.5 Å². The molecule has 0 heterocycles. The SMILES string of the molecule is CSCCC(NC(=O)C(CSC(=O)c1ccccc1)Cc1ccccc1)C(N)=O. The van der Waals surface area contributed by atoms with E-state index in [4.69, 9.17) is 5.73 Å². The van der Waals surface area contributed by atoms with Crippen molar-refractivity contribution < 1.29 is 14.4 Å². The Balaban J connectivity index is 2.08. The second-order valence-electron chi connectivity index (χ2n) is 6.60. The van der Waals surface area contributed by atoms with Crippen molar-refractivity contribution in [1.29, 1.82) is 0 Å². The van der Waals surface area contributed by atoms with Crippen molar-refractivity contribution >= 4 is 40.5 Å². The van der Waals surface area contributed by atoms with Gasteiger partial charge in [-0.25, -0.2) is 0 Å². The Morgan fingerprint density at radius 1 is 1.00 bits per heavy atom. The van der Waals surface area contributed by atoms with E-state index in [2.05, 4.69) is 5.32 Å². The van der Waals surface area contributed by atoms with Crippen LogP contribution in [0.15, 0.2) is 60.7 Å². The van der Waals surface area contributed by atoms with Crippen molar-refractivity contribution in [2.45, 2.75) is 18.9 Å². The Morgan fingerprint density at radius 3 is 2.21 bits per heavy atom. The van der Waals surface area contributed by atoms with E-state index in [-0.39, 0.29) is 11.0 Å². The molecule has 3 N–H and O–H groups in total. The van der Waals surface area contributed by atoms with E-state index < -0.39 is 17.9 Å². The summed E-state index contributed by atoms with van der Waals surface area (Å²) in [7, 11) is 0. The van der Waals surface area contributed by atoms with Crippen molar-refractivity contribution in [2.24, 2.45) is 11.7 Å². The van der Waals surface area contributed by atoms with Gasteiger partial charge in [0.1, 0.15) is 6.04 Å². The number of nitrogens with two attached hydrogens (primary N) is 1. The van der Waals surface area contributed by atoms with E-state index in [1.54, 1.807) is 23.9 Å². The molecule has 2 rings (SSSR count).